The van der Waals surface area contributed by atoms with Gasteiger partial charge in [-0.05, 0) is 23.3 Å². The van der Waals surface area contributed by atoms with Crippen molar-refractivity contribution >= 4 is 75.6 Å². The van der Waals surface area contributed by atoms with Crippen LogP contribution in [0.3, 0.4) is 0 Å². The summed E-state index contributed by atoms with van der Waals surface area (Å²) in [5, 5.41) is 58.5. The Morgan fingerprint density at radius 2 is 1.90 bits per heavy atom. The fourth-order valence-corrected chi connectivity index (χ4v) is 6.81. The van der Waals surface area contributed by atoms with Gasteiger partial charge in [-0.1, -0.05) is 11.2 Å². The quantitative estimate of drug-likeness (QED) is 0.0416. The lowest BCUT2D eigenvalue weighted by molar-refractivity contribution is -0.227. The molecule has 1 aromatic carbocycles. The normalized spacial score (nSPS) is 21.9. The van der Waals surface area contributed by atoms with E-state index in [0.29, 0.717) is 0 Å². The van der Waals surface area contributed by atoms with Gasteiger partial charge in [0.25, 0.3) is 17.7 Å². The molecule has 1 fully saturated rings. The number of phenolic OH excluding ortho intramolecular Hbond substituents is 2. The lowest BCUT2D eigenvalue weighted by atomic mass is 9.94. The third-order valence-electron chi connectivity index (χ3n) is 7.67. The van der Waals surface area contributed by atoms with Gasteiger partial charge in [0.2, 0.25) is 0 Å². The molecule has 4 unspecified atom stereocenters. The summed E-state index contributed by atoms with van der Waals surface area (Å²) in [5.74, 6) is -10.5. The predicted octanol–water partition coefficient (Wildman–Crippen LogP) is -1.20. The number of thioether (sulfide) groups is 1. The number of aliphatic hydroxyl groups is 1. The van der Waals surface area contributed by atoms with Crippen LogP contribution >= 0.6 is 23.1 Å². The smallest absolute Gasteiger partial charge is 0.379 e. The summed E-state index contributed by atoms with van der Waals surface area (Å²) in [6, 6.07) is 0.721. The molecule has 0 aliphatic carbocycles. The van der Waals surface area contributed by atoms with Gasteiger partial charge in [-0.15, -0.1) is 23.1 Å². The molecule has 9 N–H and O–H groups in total. The molecule has 22 heteroatoms. The van der Waals surface area contributed by atoms with Crippen molar-refractivity contribution in [2.75, 3.05) is 18.6 Å². The maximum absolute atomic E-state index is 13.6. The van der Waals surface area contributed by atoms with Crippen molar-refractivity contribution in [1.82, 2.24) is 20.5 Å². The van der Waals surface area contributed by atoms with Crippen LogP contribution in [-0.2, 0) is 38.3 Å². The second-order valence-corrected chi connectivity index (χ2v) is 12.9. The van der Waals surface area contributed by atoms with Crippen LogP contribution in [0.15, 0.2) is 56.8 Å². The number of amides is 3. The molecule has 3 aliphatic rings. The molecule has 2 aromatic rings. The topological polar surface area (TPSA) is 313 Å². The largest absolute Gasteiger partial charge is 0.504 e. The number of carboxylic acids is 2. The number of ether oxygens (including phenoxy) is 1. The number of hydrogen-bond donors (Lipinski definition) is 8. The Kier molecular flexibility index (Phi) is 10.1. The van der Waals surface area contributed by atoms with Crippen molar-refractivity contribution in [1.29, 1.82) is 0 Å². The molecular weight excluding hydrogens is 718 g/mol. The number of methoxy groups -OCH3 is 1. The van der Waals surface area contributed by atoms with Gasteiger partial charge >= 0.3 is 17.7 Å². The molecule has 268 valence electrons. The zero-order valence-electron chi connectivity index (χ0n) is 26.2. The molecule has 51 heavy (non-hydrogen) atoms. The molecule has 0 spiro atoms. The highest BCUT2D eigenvalue weighted by Gasteiger charge is 2.55. The first-order valence-corrected chi connectivity index (χ1v) is 16.3. The first kappa shape index (κ1) is 36.4. The number of aliphatic carboxylic acids is 2. The monoisotopic (exact) mass is 745 g/mol. The van der Waals surface area contributed by atoms with Crippen LogP contribution in [0.1, 0.15) is 24.2 Å². The number of carboxylic acid groups (broad SMARTS) is 2. The molecule has 0 saturated carbocycles. The van der Waals surface area contributed by atoms with Crippen LogP contribution in [-0.4, -0.2) is 119 Å². The average molecular weight is 746 g/mol. The highest BCUT2D eigenvalue weighted by Crippen LogP contribution is 2.44. The van der Waals surface area contributed by atoms with Crippen LogP contribution in [0, 0.1) is 0 Å². The Labute approximate surface area is 293 Å². The first-order chi connectivity index (χ1) is 24.1. The van der Waals surface area contributed by atoms with E-state index in [4.69, 9.17) is 15.3 Å². The van der Waals surface area contributed by atoms with Crippen molar-refractivity contribution in [2.24, 2.45) is 10.1 Å². The number of carbonyl (C=O) groups is 6. The van der Waals surface area contributed by atoms with Crippen LogP contribution in [0.2, 0.25) is 0 Å². The Hall–Kier alpha value is -5.84. The first-order valence-electron chi connectivity index (χ1n) is 14.3. The number of nitrogens with two attached hydrogens (primary N) is 1. The van der Waals surface area contributed by atoms with E-state index in [2.05, 4.69) is 25.8 Å². The highest BCUT2D eigenvalue weighted by molar-refractivity contribution is 8.00. The number of hydrogen-bond acceptors (Lipinski definition) is 17. The van der Waals surface area contributed by atoms with Crippen molar-refractivity contribution in [2.45, 2.75) is 36.3 Å². The van der Waals surface area contributed by atoms with Crippen LogP contribution in [0.4, 0.5) is 5.13 Å². The molecule has 1 saturated heterocycles. The Morgan fingerprint density at radius 3 is 2.49 bits per heavy atom. The summed E-state index contributed by atoms with van der Waals surface area (Å²) >= 11 is 1.92. The van der Waals surface area contributed by atoms with E-state index in [1.54, 1.807) is 0 Å². The third-order valence-corrected chi connectivity index (χ3v) is 9.65. The standard InChI is InChI=1S/C29H27N7O13S2/c1-29(48-2,27(46)47)49-35-19(13-9-51-28(30)32-13)23(42)34-20-24(43)36-21(26(44)45)11(8-50-25(20)36)18(10-3-4-14(37)15(38)5-10)33-22(41)12-6-16(39)17(40)7-31-12/h3-7,9,17-18,20,25,37-38,40H,8H2,1-2H3,(H2,30,32)(H,33,41)(H,34,42)(H,44,45)(H,46,47)/b35-19-/t17?,18?,20?,25-,29?/m0/s1. The molecule has 0 radical (unpaired) electrons. The number of oxime groups is 1. The summed E-state index contributed by atoms with van der Waals surface area (Å²) in [6.07, 6.45) is 0.0634. The van der Waals surface area contributed by atoms with Gasteiger partial charge in [0.1, 0.15) is 28.5 Å². The fraction of sp³-hybridized carbons (Fsp3) is 0.276. The molecule has 5 rings (SSSR count). The van der Waals surface area contributed by atoms with Gasteiger partial charge in [-0.2, -0.15) is 0 Å². The second-order valence-electron chi connectivity index (χ2n) is 10.9. The van der Waals surface area contributed by atoms with Gasteiger partial charge in [0, 0.05) is 37.5 Å². The number of ketones is 1. The molecule has 3 amide bonds. The number of aliphatic imine (C=N–C) groups is 1. The minimum Gasteiger partial charge on any atom is -0.504 e. The molecule has 20 nitrogen and oxygen atoms in total. The number of rotatable bonds is 12. The number of β-lactam (4-membered cyclic amide) rings is 1. The van der Waals surface area contributed by atoms with Crippen LogP contribution in [0.5, 0.6) is 11.5 Å². The molecular formula is C29H27N7O13S2. The Bertz CT molecular complexity index is 1980. The van der Waals surface area contributed by atoms with E-state index < -0.39 is 93.4 Å². The van der Waals surface area contributed by atoms with Gasteiger partial charge in [0.15, 0.2) is 34.2 Å². The number of nitrogen functional groups attached to an aromatic ring is 1. The number of aromatic hydroxyl groups is 2. The maximum Gasteiger partial charge on any atom is 0.379 e. The number of thiazole rings is 1. The minimum atomic E-state index is -2.32. The van der Waals surface area contributed by atoms with Crippen molar-refractivity contribution < 1.29 is 63.9 Å². The number of nitrogens with one attached hydrogen (secondary N) is 2. The number of nitrogens with zero attached hydrogens (tertiary/aromatic N) is 4. The van der Waals surface area contributed by atoms with E-state index in [0.717, 1.165) is 66.5 Å². The average Bonchev–Trinajstić information content (AvgIpc) is 3.52. The van der Waals surface area contributed by atoms with Crippen molar-refractivity contribution in [3.05, 3.63) is 57.9 Å². The summed E-state index contributed by atoms with van der Waals surface area (Å²) in [5.41, 5.74) is 4.03. The van der Waals surface area contributed by atoms with Gasteiger partial charge < -0.3 is 51.5 Å². The van der Waals surface area contributed by atoms with Crippen molar-refractivity contribution in [3.8, 4) is 11.5 Å². The summed E-state index contributed by atoms with van der Waals surface area (Å²) in [7, 11) is 1.03. The number of aromatic nitrogens is 1. The molecule has 4 heterocycles. The molecule has 0 bridgehead atoms. The van der Waals surface area contributed by atoms with E-state index >= 15 is 0 Å². The molecule has 1 aromatic heterocycles. The van der Waals surface area contributed by atoms with Gasteiger partial charge in [-0.25, -0.2) is 14.6 Å². The number of fused-ring (bicyclic) bond motifs is 1. The number of carbonyl (C=O) groups excluding carboxylic acids is 4. The fourth-order valence-electron chi connectivity index (χ4n) is 4.87. The predicted molar refractivity (Wildman–Crippen MR) is 175 cm³/mol. The van der Waals surface area contributed by atoms with E-state index in [1.165, 1.54) is 11.4 Å². The lowest BCUT2D eigenvalue weighted by Crippen LogP contribution is -2.71. The SMILES string of the molecule is COC(C)(O/N=C(\C(=O)NC1C(=O)N2C(C(=O)O)=C(C(NC(=O)C3=CC(=O)C(O)C=N3)c3ccc(O)c(O)c3)CS[C@@H]12)c1csc(N)n1)C(=O)O. The zero-order valence-corrected chi connectivity index (χ0v) is 27.8. The van der Waals surface area contributed by atoms with Crippen LogP contribution in [0.25, 0.3) is 0 Å². The van der Waals surface area contributed by atoms with Gasteiger partial charge in [-0.3, -0.25) is 29.1 Å². The summed E-state index contributed by atoms with van der Waals surface area (Å²) in [4.78, 5) is 90.2. The van der Waals surface area contributed by atoms with Gasteiger partial charge in [0.05, 0.1) is 6.04 Å². The second kappa shape index (κ2) is 14.2. The summed E-state index contributed by atoms with van der Waals surface area (Å²) in [6.45, 7) is 1.02. The number of phenols is 2. The maximum atomic E-state index is 13.6. The summed E-state index contributed by atoms with van der Waals surface area (Å²) < 4.78 is 4.83. The lowest BCUT2D eigenvalue weighted by Gasteiger charge is -2.50. The number of anilines is 1. The molecule has 5 atom stereocenters. The third kappa shape index (κ3) is 7.10. The number of aliphatic hydroxyl groups excluding tert-OH is 1. The van der Waals surface area contributed by atoms with Crippen molar-refractivity contribution in [3.63, 3.8) is 0 Å². The van der Waals surface area contributed by atoms with Crippen LogP contribution < -0.4 is 16.4 Å². The zero-order chi connectivity index (χ0) is 37.4. The Morgan fingerprint density at radius 1 is 1.18 bits per heavy atom. The van der Waals surface area contributed by atoms with E-state index in [1.807, 2.05) is 0 Å². The highest BCUT2D eigenvalue weighted by atomic mass is 32.2. The number of benzene rings is 1. The van der Waals surface area contributed by atoms with E-state index in [-0.39, 0.29) is 27.7 Å². The Balaban J connectivity index is 1.46. The van der Waals surface area contributed by atoms with E-state index in [9.17, 15) is 54.3 Å². The minimum absolute atomic E-state index is 0.0232. The molecule has 3 aliphatic heterocycles.